The van der Waals surface area contributed by atoms with Gasteiger partial charge in [0.25, 0.3) is 11.8 Å². The molecular weight excluding hydrogens is 274 g/mol. The third-order valence-corrected chi connectivity index (χ3v) is 3.06. The minimum absolute atomic E-state index is 0.0598. The summed E-state index contributed by atoms with van der Waals surface area (Å²) < 4.78 is 0. The van der Waals surface area contributed by atoms with E-state index in [0.29, 0.717) is 16.3 Å². The molecule has 0 radical (unpaired) electrons. The standard InChI is InChI=1S/C14H11N3O4/c18-12-6-7-13(19)17(12)21-14(20)16-11-5-1-4-10-9(11)3-2-8-15-10/h1-5,8H,6-7H2,(H,16,20). The van der Waals surface area contributed by atoms with E-state index in [9.17, 15) is 14.4 Å². The van der Waals surface area contributed by atoms with Crippen LogP contribution in [0.5, 0.6) is 0 Å². The molecule has 0 unspecified atom stereocenters. The van der Waals surface area contributed by atoms with Gasteiger partial charge in [-0.15, -0.1) is 5.06 Å². The van der Waals surface area contributed by atoms with Crippen molar-refractivity contribution in [3.05, 3.63) is 36.5 Å². The first-order valence-electron chi connectivity index (χ1n) is 6.33. The number of imide groups is 1. The Morgan fingerprint density at radius 3 is 2.67 bits per heavy atom. The Morgan fingerprint density at radius 1 is 1.14 bits per heavy atom. The fraction of sp³-hybridized carbons (Fsp3) is 0.143. The normalized spacial score (nSPS) is 14.6. The second-order valence-electron chi connectivity index (χ2n) is 4.46. The van der Waals surface area contributed by atoms with Crippen LogP contribution in [-0.2, 0) is 14.4 Å². The van der Waals surface area contributed by atoms with E-state index in [4.69, 9.17) is 4.84 Å². The second kappa shape index (κ2) is 5.20. The second-order valence-corrected chi connectivity index (χ2v) is 4.46. The van der Waals surface area contributed by atoms with Crippen LogP contribution in [0.4, 0.5) is 10.5 Å². The van der Waals surface area contributed by atoms with E-state index in [0.717, 1.165) is 5.39 Å². The summed E-state index contributed by atoms with van der Waals surface area (Å²) in [5, 5.41) is 3.74. The van der Waals surface area contributed by atoms with Gasteiger partial charge in [-0.25, -0.2) is 4.79 Å². The molecule has 1 fully saturated rings. The number of nitrogens with one attached hydrogen (secondary N) is 1. The number of hydrogen-bond donors (Lipinski definition) is 1. The Labute approximate surface area is 119 Å². The molecule has 7 nitrogen and oxygen atoms in total. The minimum Gasteiger partial charge on any atom is -0.311 e. The first-order chi connectivity index (χ1) is 10.1. The lowest BCUT2D eigenvalue weighted by atomic mass is 10.2. The van der Waals surface area contributed by atoms with Crippen molar-refractivity contribution >= 4 is 34.5 Å². The molecule has 1 aliphatic rings. The minimum atomic E-state index is -0.894. The predicted octanol–water partition coefficient (Wildman–Crippen LogP) is 1.85. The first-order valence-corrected chi connectivity index (χ1v) is 6.33. The molecule has 3 amide bonds. The molecule has 0 atom stereocenters. The highest BCUT2D eigenvalue weighted by atomic mass is 16.7. The zero-order valence-electron chi connectivity index (χ0n) is 10.9. The van der Waals surface area contributed by atoms with Gasteiger partial charge < -0.3 is 4.84 Å². The number of amides is 3. The van der Waals surface area contributed by atoms with Crippen LogP contribution in [0.15, 0.2) is 36.5 Å². The van der Waals surface area contributed by atoms with Gasteiger partial charge in [0.05, 0.1) is 11.2 Å². The van der Waals surface area contributed by atoms with E-state index < -0.39 is 17.9 Å². The summed E-state index contributed by atoms with van der Waals surface area (Å²) in [6.07, 6.45) is 0.871. The Balaban J connectivity index is 1.78. The highest BCUT2D eigenvalue weighted by molar-refractivity contribution is 6.03. The van der Waals surface area contributed by atoms with E-state index in [1.54, 1.807) is 36.5 Å². The van der Waals surface area contributed by atoms with Gasteiger partial charge >= 0.3 is 6.09 Å². The number of fused-ring (bicyclic) bond motifs is 1. The molecule has 1 aliphatic heterocycles. The summed E-state index contributed by atoms with van der Waals surface area (Å²) in [4.78, 5) is 43.5. The van der Waals surface area contributed by atoms with Gasteiger partial charge in [0.15, 0.2) is 0 Å². The van der Waals surface area contributed by atoms with Crippen LogP contribution >= 0.6 is 0 Å². The van der Waals surface area contributed by atoms with Gasteiger partial charge in [-0.05, 0) is 24.3 Å². The fourth-order valence-electron chi connectivity index (χ4n) is 2.09. The van der Waals surface area contributed by atoms with Crippen molar-refractivity contribution in [2.45, 2.75) is 12.8 Å². The lowest BCUT2D eigenvalue weighted by molar-refractivity contribution is -0.170. The van der Waals surface area contributed by atoms with Gasteiger partial charge in [0, 0.05) is 24.4 Å². The third kappa shape index (κ3) is 2.53. The number of anilines is 1. The number of benzene rings is 1. The fourth-order valence-corrected chi connectivity index (χ4v) is 2.09. The van der Waals surface area contributed by atoms with Crippen LogP contribution in [-0.4, -0.2) is 28.0 Å². The zero-order chi connectivity index (χ0) is 14.8. The van der Waals surface area contributed by atoms with E-state index >= 15 is 0 Å². The highest BCUT2D eigenvalue weighted by Gasteiger charge is 2.32. The molecule has 1 saturated heterocycles. The lowest BCUT2D eigenvalue weighted by Gasteiger charge is -2.13. The van der Waals surface area contributed by atoms with Crippen LogP contribution < -0.4 is 5.32 Å². The molecule has 0 aliphatic carbocycles. The van der Waals surface area contributed by atoms with Gasteiger partial charge in [0.1, 0.15) is 0 Å². The van der Waals surface area contributed by atoms with Crippen LogP contribution in [0.2, 0.25) is 0 Å². The molecular formula is C14H11N3O4. The maximum atomic E-state index is 11.8. The SMILES string of the molecule is O=C(Nc1cccc2ncccc12)ON1C(=O)CCC1=O. The number of aromatic nitrogens is 1. The molecule has 2 aromatic rings. The molecule has 1 aromatic carbocycles. The number of hydrogen-bond acceptors (Lipinski definition) is 5. The number of carbonyl (C=O) groups excluding carboxylic acids is 3. The van der Waals surface area contributed by atoms with Crippen LogP contribution in [0, 0.1) is 0 Å². The Morgan fingerprint density at radius 2 is 1.90 bits per heavy atom. The molecule has 0 saturated carbocycles. The smallest absolute Gasteiger partial charge is 0.311 e. The molecule has 7 heteroatoms. The quantitative estimate of drug-likeness (QED) is 0.850. The first kappa shape index (κ1) is 13.0. The average molecular weight is 285 g/mol. The molecule has 1 N–H and O–H groups in total. The van der Waals surface area contributed by atoms with E-state index in [1.165, 1.54) is 0 Å². The van der Waals surface area contributed by atoms with Gasteiger partial charge in [-0.2, -0.15) is 0 Å². The Hall–Kier alpha value is -2.96. The lowest BCUT2D eigenvalue weighted by Crippen LogP contribution is -2.33. The average Bonchev–Trinajstić information content (AvgIpc) is 2.79. The molecule has 106 valence electrons. The van der Waals surface area contributed by atoms with Crippen molar-refractivity contribution < 1.29 is 19.2 Å². The predicted molar refractivity (Wildman–Crippen MR) is 72.9 cm³/mol. The largest absolute Gasteiger partial charge is 0.436 e. The topological polar surface area (TPSA) is 88.6 Å². The van der Waals surface area contributed by atoms with Gasteiger partial charge in [-0.1, -0.05) is 6.07 Å². The summed E-state index contributed by atoms with van der Waals surface area (Å²) in [7, 11) is 0. The summed E-state index contributed by atoms with van der Waals surface area (Å²) in [5.41, 5.74) is 1.20. The van der Waals surface area contributed by atoms with Crippen molar-refractivity contribution in [1.29, 1.82) is 0 Å². The van der Waals surface area contributed by atoms with Crippen molar-refractivity contribution in [3.8, 4) is 0 Å². The maximum absolute atomic E-state index is 11.8. The monoisotopic (exact) mass is 285 g/mol. The Kier molecular flexibility index (Phi) is 3.23. The number of carbonyl (C=O) groups is 3. The van der Waals surface area contributed by atoms with Gasteiger partial charge in [0.2, 0.25) is 0 Å². The highest BCUT2D eigenvalue weighted by Crippen LogP contribution is 2.22. The number of rotatable bonds is 2. The maximum Gasteiger partial charge on any atom is 0.436 e. The van der Waals surface area contributed by atoms with Crippen molar-refractivity contribution in [2.75, 3.05) is 5.32 Å². The number of nitrogens with zero attached hydrogens (tertiary/aromatic N) is 2. The van der Waals surface area contributed by atoms with Crippen LogP contribution in [0.25, 0.3) is 10.9 Å². The number of hydroxylamine groups is 2. The molecule has 3 rings (SSSR count). The third-order valence-electron chi connectivity index (χ3n) is 3.06. The molecule has 0 spiro atoms. The van der Waals surface area contributed by atoms with Crippen molar-refractivity contribution in [1.82, 2.24) is 10.0 Å². The van der Waals surface area contributed by atoms with E-state index in [1.807, 2.05) is 0 Å². The van der Waals surface area contributed by atoms with Crippen LogP contribution in [0.1, 0.15) is 12.8 Å². The molecule has 21 heavy (non-hydrogen) atoms. The van der Waals surface area contributed by atoms with E-state index in [-0.39, 0.29) is 12.8 Å². The molecule has 2 heterocycles. The van der Waals surface area contributed by atoms with Crippen molar-refractivity contribution in [2.24, 2.45) is 0 Å². The van der Waals surface area contributed by atoms with Crippen molar-refractivity contribution in [3.63, 3.8) is 0 Å². The molecule has 1 aromatic heterocycles. The summed E-state index contributed by atoms with van der Waals surface area (Å²) in [6.45, 7) is 0. The summed E-state index contributed by atoms with van der Waals surface area (Å²) in [5.74, 6) is -1.04. The summed E-state index contributed by atoms with van der Waals surface area (Å²) >= 11 is 0. The van der Waals surface area contributed by atoms with Gasteiger partial charge in [-0.3, -0.25) is 19.9 Å². The van der Waals surface area contributed by atoms with Crippen LogP contribution in [0.3, 0.4) is 0 Å². The summed E-state index contributed by atoms with van der Waals surface area (Å²) in [6, 6.07) is 8.76. The number of pyridine rings is 1. The zero-order valence-corrected chi connectivity index (χ0v) is 10.9. The van der Waals surface area contributed by atoms with E-state index in [2.05, 4.69) is 10.3 Å². The Bertz CT molecular complexity index is 723. The molecule has 0 bridgehead atoms.